The van der Waals surface area contributed by atoms with Crippen LogP contribution in [-0.4, -0.2) is 24.1 Å². The molecule has 0 spiro atoms. The molecular weight excluding hydrogens is 178 g/mol. The number of nitrogens with one attached hydrogen (secondary N) is 2. The smallest absolute Gasteiger partial charge is 0.199 e. The van der Waals surface area contributed by atoms with Crippen LogP contribution in [0, 0.1) is 0 Å². The fraction of sp³-hybridized carbons (Fsp3) is 0.778. The Bertz CT molecular complexity index is 254. The first-order chi connectivity index (χ1) is 6.53. The van der Waals surface area contributed by atoms with Gasteiger partial charge in [0.1, 0.15) is 5.66 Å². The third-order valence-corrected chi connectivity index (χ3v) is 1.85. The number of nitrogens with two attached hydrogens (primary N) is 1. The van der Waals surface area contributed by atoms with E-state index in [-0.39, 0.29) is 5.66 Å². The van der Waals surface area contributed by atoms with Crippen LogP contribution in [0.15, 0.2) is 9.98 Å². The zero-order valence-electron chi connectivity index (χ0n) is 9.09. The SMILES string of the molecule is CCCCN=C1NC(N)=NC(C)(C)N1. The first-order valence-electron chi connectivity index (χ1n) is 4.98. The molecule has 4 N–H and O–H groups in total. The fourth-order valence-corrected chi connectivity index (χ4v) is 1.23. The number of hydrogen-bond acceptors (Lipinski definition) is 3. The van der Waals surface area contributed by atoms with Crippen molar-refractivity contribution in [2.24, 2.45) is 15.7 Å². The molecule has 0 aromatic rings. The molecule has 0 aromatic heterocycles. The van der Waals surface area contributed by atoms with E-state index in [0.29, 0.717) is 5.96 Å². The van der Waals surface area contributed by atoms with Crippen molar-refractivity contribution in [1.29, 1.82) is 0 Å². The van der Waals surface area contributed by atoms with Gasteiger partial charge in [-0.3, -0.25) is 10.3 Å². The van der Waals surface area contributed by atoms with E-state index in [0.717, 1.165) is 25.3 Å². The van der Waals surface area contributed by atoms with Crippen molar-refractivity contribution in [2.45, 2.75) is 39.3 Å². The van der Waals surface area contributed by atoms with E-state index in [4.69, 9.17) is 5.73 Å². The summed E-state index contributed by atoms with van der Waals surface area (Å²) in [6.45, 7) is 6.86. The Labute approximate surface area is 84.9 Å². The quantitative estimate of drug-likeness (QED) is 0.573. The zero-order chi connectivity index (χ0) is 10.6. The lowest BCUT2D eigenvalue weighted by molar-refractivity contribution is 0.467. The molecule has 0 radical (unpaired) electrons. The molecule has 0 unspecified atom stereocenters. The molecular formula is C9H19N5. The van der Waals surface area contributed by atoms with E-state index in [2.05, 4.69) is 27.5 Å². The van der Waals surface area contributed by atoms with Gasteiger partial charge in [0.25, 0.3) is 0 Å². The normalized spacial score (nSPS) is 22.5. The first-order valence-corrected chi connectivity index (χ1v) is 4.98. The maximum Gasteiger partial charge on any atom is 0.199 e. The van der Waals surface area contributed by atoms with Gasteiger partial charge in [-0.15, -0.1) is 0 Å². The minimum Gasteiger partial charge on any atom is -0.370 e. The molecule has 0 amide bonds. The third-order valence-electron chi connectivity index (χ3n) is 1.85. The summed E-state index contributed by atoms with van der Waals surface area (Å²) in [4.78, 5) is 8.54. The van der Waals surface area contributed by atoms with Crippen molar-refractivity contribution in [3.8, 4) is 0 Å². The van der Waals surface area contributed by atoms with E-state index < -0.39 is 0 Å². The van der Waals surface area contributed by atoms with Gasteiger partial charge < -0.3 is 11.1 Å². The summed E-state index contributed by atoms with van der Waals surface area (Å²) < 4.78 is 0. The first kappa shape index (κ1) is 10.8. The molecule has 1 aliphatic heterocycles. The van der Waals surface area contributed by atoms with Gasteiger partial charge in [-0.1, -0.05) is 13.3 Å². The molecule has 80 valence electrons. The molecule has 5 nitrogen and oxygen atoms in total. The molecule has 0 bridgehead atoms. The molecule has 14 heavy (non-hydrogen) atoms. The van der Waals surface area contributed by atoms with Crippen LogP contribution in [0.1, 0.15) is 33.6 Å². The maximum atomic E-state index is 5.62. The van der Waals surface area contributed by atoms with Gasteiger partial charge in [-0.2, -0.15) is 0 Å². The molecule has 1 aliphatic rings. The average Bonchev–Trinajstić information content (AvgIpc) is 2.00. The van der Waals surface area contributed by atoms with Gasteiger partial charge in [0.05, 0.1) is 0 Å². The summed E-state index contributed by atoms with van der Waals surface area (Å²) in [5.41, 5.74) is 5.26. The predicted octanol–water partition coefficient (Wildman–Crippen LogP) is 0.386. The molecule has 0 atom stereocenters. The highest BCUT2D eigenvalue weighted by atomic mass is 15.4. The highest BCUT2D eigenvalue weighted by Crippen LogP contribution is 2.06. The van der Waals surface area contributed by atoms with Crippen LogP contribution in [0.2, 0.25) is 0 Å². The zero-order valence-corrected chi connectivity index (χ0v) is 9.09. The van der Waals surface area contributed by atoms with Crippen LogP contribution in [0.4, 0.5) is 0 Å². The van der Waals surface area contributed by atoms with Crippen molar-refractivity contribution in [1.82, 2.24) is 10.6 Å². The standard InChI is InChI=1S/C9H19N5/c1-4-5-6-11-8-12-7(10)13-9(2,3)14-8/h4-6H2,1-3H3,(H4,10,11,12,13,14). The van der Waals surface area contributed by atoms with Gasteiger partial charge in [-0.25, -0.2) is 4.99 Å². The molecule has 0 saturated carbocycles. The van der Waals surface area contributed by atoms with Gasteiger partial charge in [0.2, 0.25) is 0 Å². The van der Waals surface area contributed by atoms with E-state index in [9.17, 15) is 0 Å². The summed E-state index contributed by atoms with van der Waals surface area (Å²) in [6, 6.07) is 0. The number of nitrogens with zero attached hydrogens (tertiary/aromatic N) is 2. The second kappa shape index (κ2) is 4.30. The second-order valence-electron chi connectivity index (χ2n) is 3.89. The lowest BCUT2D eigenvalue weighted by atomic mass is 10.2. The Balaban J connectivity index is 2.58. The minimum atomic E-state index is -0.361. The number of guanidine groups is 2. The highest BCUT2D eigenvalue weighted by Gasteiger charge is 2.23. The Morgan fingerprint density at radius 2 is 2.21 bits per heavy atom. The van der Waals surface area contributed by atoms with E-state index in [1.165, 1.54) is 0 Å². The molecule has 0 aliphatic carbocycles. The predicted molar refractivity (Wildman–Crippen MR) is 59.2 cm³/mol. The summed E-state index contributed by atoms with van der Waals surface area (Å²) in [7, 11) is 0. The summed E-state index contributed by atoms with van der Waals surface area (Å²) in [5, 5.41) is 6.05. The van der Waals surface area contributed by atoms with Crippen LogP contribution in [0.5, 0.6) is 0 Å². The van der Waals surface area contributed by atoms with Crippen molar-refractivity contribution in [3.63, 3.8) is 0 Å². The topological polar surface area (TPSA) is 74.8 Å². The third kappa shape index (κ3) is 3.24. The van der Waals surface area contributed by atoms with Gasteiger partial charge in [-0.05, 0) is 20.3 Å². The molecule has 0 fully saturated rings. The Morgan fingerprint density at radius 1 is 1.50 bits per heavy atom. The van der Waals surface area contributed by atoms with Gasteiger partial charge in [0, 0.05) is 6.54 Å². The van der Waals surface area contributed by atoms with Crippen LogP contribution >= 0.6 is 0 Å². The number of unbranched alkanes of at least 4 members (excludes halogenated alkanes) is 1. The lowest BCUT2D eigenvalue weighted by Crippen LogP contribution is -2.57. The monoisotopic (exact) mass is 197 g/mol. The second-order valence-corrected chi connectivity index (χ2v) is 3.89. The largest absolute Gasteiger partial charge is 0.370 e. The number of hydrogen-bond donors (Lipinski definition) is 3. The number of aliphatic imine (C=N–C) groups is 2. The summed E-state index contributed by atoms with van der Waals surface area (Å²) in [5.74, 6) is 1.14. The van der Waals surface area contributed by atoms with E-state index in [1.807, 2.05) is 13.8 Å². The Hall–Kier alpha value is -1.26. The fourth-order valence-electron chi connectivity index (χ4n) is 1.23. The van der Waals surface area contributed by atoms with Gasteiger partial charge >= 0.3 is 0 Å². The van der Waals surface area contributed by atoms with Crippen molar-refractivity contribution >= 4 is 11.9 Å². The Morgan fingerprint density at radius 3 is 2.79 bits per heavy atom. The van der Waals surface area contributed by atoms with Crippen LogP contribution in [0.25, 0.3) is 0 Å². The molecule has 5 heteroatoms. The van der Waals surface area contributed by atoms with Crippen molar-refractivity contribution in [3.05, 3.63) is 0 Å². The van der Waals surface area contributed by atoms with Crippen LogP contribution in [-0.2, 0) is 0 Å². The van der Waals surface area contributed by atoms with Crippen molar-refractivity contribution in [2.75, 3.05) is 6.54 Å². The van der Waals surface area contributed by atoms with Gasteiger partial charge in [0.15, 0.2) is 11.9 Å². The maximum absolute atomic E-state index is 5.62. The summed E-state index contributed by atoms with van der Waals surface area (Å²) >= 11 is 0. The van der Waals surface area contributed by atoms with Crippen LogP contribution < -0.4 is 16.4 Å². The molecule has 0 aromatic carbocycles. The molecule has 0 saturated heterocycles. The highest BCUT2D eigenvalue weighted by molar-refractivity contribution is 6.00. The van der Waals surface area contributed by atoms with E-state index in [1.54, 1.807) is 0 Å². The summed E-state index contributed by atoms with van der Waals surface area (Å²) in [6.07, 6.45) is 2.23. The molecule has 1 rings (SSSR count). The average molecular weight is 197 g/mol. The molecule has 1 heterocycles. The lowest BCUT2D eigenvalue weighted by Gasteiger charge is -2.29. The van der Waals surface area contributed by atoms with E-state index >= 15 is 0 Å². The van der Waals surface area contributed by atoms with Crippen molar-refractivity contribution < 1.29 is 0 Å². The van der Waals surface area contributed by atoms with Crippen LogP contribution in [0.3, 0.4) is 0 Å². The minimum absolute atomic E-state index is 0.361. The Kier molecular flexibility index (Phi) is 3.33. The number of rotatable bonds is 3.